The number of aromatic nitrogens is 2. The molecule has 0 aliphatic carbocycles. The minimum Gasteiger partial charge on any atom is -0.482 e. The number of amides is 1. The van der Waals surface area contributed by atoms with Gasteiger partial charge in [0.2, 0.25) is 0 Å². The number of nitrogens with zero attached hydrogens (tertiary/aromatic N) is 3. The van der Waals surface area contributed by atoms with Gasteiger partial charge in [0.1, 0.15) is 12.4 Å². The van der Waals surface area contributed by atoms with Gasteiger partial charge in [-0.1, -0.05) is 0 Å². The second kappa shape index (κ2) is 9.30. The van der Waals surface area contributed by atoms with E-state index in [1.165, 1.54) is 6.33 Å². The average molecular weight is 398 g/mol. The highest BCUT2D eigenvalue weighted by atomic mass is 16.5. The molecule has 1 aromatic carbocycles. The molecule has 4 rings (SSSR count). The van der Waals surface area contributed by atoms with Crippen molar-refractivity contribution in [2.24, 2.45) is 0 Å². The molecule has 29 heavy (non-hydrogen) atoms. The summed E-state index contributed by atoms with van der Waals surface area (Å²) in [6.45, 7) is 3.51. The Bertz CT molecular complexity index is 882. The number of carbonyl (C=O) groups is 1. The van der Waals surface area contributed by atoms with Crippen LogP contribution in [0.1, 0.15) is 12.8 Å². The average Bonchev–Trinajstić information content (AvgIpc) is 3.23. The summed E-state index contributed by atoms with van der Waals surface area (Å²) in [6.07, 6.45) is 6.89. The Labute approximate surface area is 169 Å². The van der Waals surface area contributed by atoms with Crippen LogP contribution in [0.3, 0.4) is 0 Å². The molecule has 1 N–H and O–H groups in total. The van der Waals surface area contributed by atoms with Crippen LogP contribution >= 0.6 is 0 Å². The predicted octanol–water partition coefficient (Wildman–Crippen LogP) is 1.98. The number of likely N-dealkylation sites (tertiary alicyclic amines) is 1. The van der Waals surface area contributed by atoms with Crippen molar-refractivity contribution in [1.82, 2.24) is 14.9 Å². The van der Waals surface area contributed by atoms with Crippen LogP contribution < -0.4 is 5.32 Å². The van der Waals surface area contributed by atoms with Crippen molar-refractivity contribution in [3.05, 3.63) is 42.6 Å². The van der Waals surface area contributed by atoms with Gasteiger partial charge >= 0.3 is 0 Å². The first-order valence-corrected chi connectivity index (χ1v) is 9.91. The second-order valence-electron chi connectivity index (χ2n) is 7.32. The number of methoxy groups -OCH3 is 1. The lowest BCUT2D eigenvalue weighted by atomic mass is 10.0. The largest absolute Gasteiger partial charge is 0.482 e. The Morgan fingerprint density at radius 3 is 3.10 bits per heavy atom. The van der Waals surface area contributed by atoms with Gasteiger partial charge in [-0.3, -0.25) is 9.69 Å². The monoisotopic (exact) mass is 398 g/mol. The summed E-state index contributed by atoms with van der Waals surface area (Å²) in [5.74, 6) is 0.0601. The zero-order chi connectivity index (χ0) is 20.1. The quantitative estimate of drug-likeness (QED) is 0.537. The molecule has 2 unspecified atom stereocenters. The van der Waals surface area contributed by atoms with E-state index in [0.29, 0.717) is 43.9 Å². The van der Waals surface area contributed by atoms with Gasteiger partial charge < -0.3 is 19.5 Å². The van der Waals surface area contributed by atoms with Gasteiger partial charge in [-0.05, 0) is 30.7 Å². The maximum absolute atomic E-state index is 12.9. The molecule has 0 saturated carbocycles. The molecule has 2 atom stereocenters. The van der Waals surface area contributed by atoms with Crippen LogP contribution in [0, 0.1) is 0 Å². The van der Waals surface area contributed by atoms with Crippen molar-refractivity contribution in [1.29, 1.82) is 0 Å². The lowest BCUT2D eigenvalue weighted by Crippen LogP contribution is -2.50. The first-order chi connectivity index (χ1) is 14.2. The van der Waals surface area contributed by atoms with Gasteiger partial charge in [-0.25, -0.2) is 9.97 Å². The zero-order valence-electron chi connectivity index (χ0n) is 16.5. The highest BCUT2D eigenvalue weighted by Gasteiger charge is 2.28. The Morgan fingerprint density at radius 1 is 1.41 bits per heavy atom. The molecule has 8 heteroatoms. The summed E-state index contributed by atoms with van der Waals surface area (Å²) in [5.41, 5.74) is 1.51. The van der Waals surface area contributed by atoms with E-state index in [4.69, 9.17) is 14.2 Å². The van der Waals surface area contributed by atoms with Crippen LogP contribution in [0.25, 0.3) is 10.9 Å². The van der Waals surface area contributed by atoms with E-state index in [9.17, 15) is 4.79 Å². The number of ether oxygens (including phenoxy) is 3. The second-order valence-corrected chi connectivity index (χ2v) is 7.32. The van der Waals surface area contributed by atoms with Crippen molar-refractivity contribution in [3.63, 3.8) is 0 Å². The fraction of sp³-hybridized carbons (Fsp3) is 0.476. The van der Waals surface area contributed by atoms with E-state index in [1.807, 2.05) is 24.3 Å². The fourth-order valence-corrected chi connectivity index (χ4v) is 3.55. The summed E-state index contributed by atoms with van der Waals surface area (Å²) in [5, 5.41) is 3.80. The molecule has 2 saturated heterocycles. The van der Waals surface area contributed by atoms with Crippen molar-refractivity contribution >= 4 is 22.5 Å². The number of hydrogen-bond donors (Lipinski definition) is 1. The lowest BCUT2D eigenvalue weighted by molar-refractivity contribution is -0.117. The van der Waals surface area contributed by atoms with E-state index in [0.717, 1.165) is 30.3 Å². The van der Waals surface area contributed by atoms with Gasteiger partial charge in [0.15, 0.2) is 5.76 Å². The molecule has 2 aromatic rings. The summed E-state index contributed by atoms with van der Waals surface area (Å²) >= 11 is 0. The smallest absolute Gasteiger partial charge is 0.290 e. The highest BCUT2D eigenvalue weighted by molar-refractivity contribution is 6.03. The van der Waals surface area contributed by atoms with Crippen LogP contribution in [0.5, 0.6) is 0 Å². The number of anilines is 1. The molecular formula is C21H26N4O4. The SMILES string of the molecule is COCC1CCN1CC=C(OC1CCOC1)C(=O)Nc1ccc2ncncc2c1. The van der Waals surface area contributed by atoms with E-state index in [1.54, 1.807) is 13.3 Å². The Balaban J connectivity index is 1.46. The van der Waals surface area contributed by atoms with Crippen LogP contribution in [0.4, 0.5) is 5.69 Å². The number of fused-ring (bicyclic) bond motifs is 1. The van der Waals surface area contributed by atoms with Crippen molar-refractivity contribution < 1.29 is 19.0 Å². The van der Waals surface area contributed by atoms with Gasteiger partial charge in [0.25, 0.3) is 5.91 Å². The van der Waals surface area contributed by atoms with Crippen molar-refractivity contribution in [2.75, 3.05) is 45.3 Å². The molecule has 1 aromatic heterocycles. The van der Waals surface area contributed by atoms with E-state index >= 15 is 0 Å². The number of rotatable bonds is 8. The van der Waals surface area contributed by atoms with Crippen LogP contribution in [0.15, 0.2) is 42.6 Å². The zero-order valence-corrected chi connectivity index (χ0v) is 16.5. The topological polar surface area (TPSA) is 85.8 Å². The molecule has 2 fully saturated rings. The molecule has 0 spiro atoms. The summed E-state index contributed by atoms with van der Waals surface area (Å²) in [7, 11) is 1.71. The number of benzene rings is 1. The summed E-state index contributed by atoms with van der Waals surface area (Å²) < 4.78 is 16.6. The minimum absolute atomic E-state index is 0.0943. The molecule has 0 radical (unpaired) electrons. The molecule has 2 aliphatic rings. The van der Waals surface area contributed by atoms with Gasteiger partial charge in [0, 0.05) is 49.9 Å². The number of hydrogen-bond acceptors (Lipinski definition) is 7. The third-order valence-electron chi connectivity index (χ3n) is 5.30. The van der Waals surface area contributed by atoms with Crippen LogP contribution in [-0.4, -0.2) is 72.9 Å². The van der Waals surface area contributed by atoms with Gasteiger partial charge in [-0.15, -0.1) is 0 Å². The highest BCUT2D eigenvalue weighted by Crippen LogP contribution is 2.21. The molecule has 2 aliphatic heterocycles. The Hall–Kier alpha value is -2.55. The van der Waals surface area contributed by atoms with E-state index in [2.05, 4.69) is 20.2 Å². The fourth-order valence-electron chi connectivity index (χ4n) is 3.55. The number of carbonyl (C=O) groups excluding carboxylic acids is 1. The summed E-state index contributed by atoms with van der Waals surface area (Å²) in [6, 6.07) is 5.94. The van der Waals surface area contributed by atoms with Crippen molar-refractivity contribution in [2.45, 2.75) is 25.0 Å². The molecule has 154 valence electrons. The van der Waals surface area contributed by atoms with E-state index in [-0.39, 0.29) is 12.0 Å². The minimum atomic E-state index is -0.267. The maximum atomic E-state index is 12.9. The maximum Gasteiger partial charge on any atom is 0.290 e. The Morgan fingerprint density at radius 2 is 2.34 bits per heavy atom. The van der Waals surface area contributed by atoms with Gasteiger partial charge in [0.05, 0.1) is 25.3 Å². The standard InChI is InChI=1S/C21H26N4O4/c1-27-12-17-4-7-25(17)8-5-20(29-18-6-9-28-13-18)21(26)24-16-2-3-19-15(10-16)11-22-14-23-19/h2-3,5,10-11,14,17-18H,4,6-9,12-13H2,1H3,(H,24,26). The normalized spacial score (nSPS) is 22.4. The molecular weight excluding hydrogens is 372 g/mol. The first kappa shape index (κ1) is 19.8. The lowest BCUT2D eigenvalue weighted by Gasteiger charge is -2.39. The van der Waals surface area contributed by atoms with Gasteiger partial charge in [-0.2, -0.15) is 0 Å². The Kier molecular flexibility index (Phi) is 6.33. The summed E-state index contributed by atoms with van der Waals surface area (Å²) in [4.78, 5) is 23.5. The van der Waals surface area contributed by atoms with Crippen molar-refractivity contribution in [3.8, 4) is 0 Å². The third-order valence-corrected chi connectivity index (χ3v) is 5.30. The van der Waals surface area contributed by atoms with Crippen LogP contribution in [-0.2, 0) is 19.0 Å². The first-order valence-electron chi connectivity index (χ1n) is 9.91. The molecule has 1 amide bonds. The molecule has 0 bridgehead atoms. The third kappa shape index (κ3) is 4.90. The van der Waals surface area contributed by atoms with Crippen LogP contribution in [0.2, 0.25) is 0 Å². The molecule has 3 heterocycles. The van der Waals surface area contributed by atoms with E-state index < -0.39 is 0 Å². The predicted molar refractivity (Wildman–Crippen MR) is 108 cm³/mol. The number of nitrogens with one attached hydrogen (secondary N) is 1. The molecule has 8 nitrogen and oxygen atoms in total.